The van der Waals surface area contributed by atoms with Crippen molar-refractivity contribution < 1.29 is 38.1 Å². The van der Waals surface area contributed by atoms with Gasteiger partial charge in [0.25, 0.3) is 0 Å². The molecule has 2 aromatic heterocycles. The number of ether oxygens (including phenoxy) is 4. The number of nitrogens with zero attached hydrogens (tertiary/aromatic N) is 2. The number of esters is 4. The number of allylic oxidation sites excluding steroid dienone is 7. The van der Waals surface area contributed by atoms with Crippen molar-refractivity contribution in [1.29, 1.82) is 0 Å². The maximum atomic E-state index is 14.0. The van der Waals surface area contributed by atoms with Crippen LogP contribution < -0.4 is 0 Å². The molecule has 1 aliphatic carbocycles. The lowest BCUT2D eigenvalue weighted by Gasteiger charge is -2.33. The summed E-state index contributed by atoms with van der Waals surface area (Å²) in [4.78, 5) is 69.7. The predicted molar refractivity (Wildman–Crippen MR) is 214 cm³/mol. The Morgan fingerprint density at radius 2 is 1.43 bits per heavy atom. The van der Waals surface area contributed by atoms with Crippen LogP contribution in [-0.2, 0) is 50.0 Å². The number of fused-ring (bicyclic) bond motifs is 11. The summed E-state index contributed by atoms with van der Waals surface area (Å²) in [5.74, 6) is -1.89. The van der Waals surface area contributed by atoms with Crippen LogP contribution in [0.3, 0.4) is 0 Å². The van der Waals surface area contributed by atoms with Crippen LogP contribution in [0.2, 0.25) is 0 Å². The highest BCUT2D eigenvalue weighted by Gasteiger charge is 2.49. The van der Waals surface area contributed by atoms with Crippen molar-refractivity contribution in [3.05, 3.63) is 99.4 Å². The van der Waals surface area contributed by atoms with Crippen molar-refractivity contribution in [1.82, 2.24) is 19.9 Å². The molecule has 2 N–H and O–H groups in total. The zero-order chi connectivity index (χ0) is 40.5. The van der Waals surface area contributed by atoms with Crippen LogP contribution >= 0.6 is 0 Å². The number of aryl methyl sites for hydroxylation is 2. The molecule has 0 fully saturated rings. The number of methoxy groups -OCH3 is 2. The molecule has 0 amide bonds. The predicted octanol–water partition coefficient (Wildman–Crippen LogP) is 7.62. The largest absolute Gasteiger partial charge is 0.469 e. The van der Waals surface area contributed by atoms with Crippen molar-refractivity contribution >= 4 is 62.8 Å². The second-order valence-corrected chi connectivity index (χ2v) is 14.1. The van der Waals surface area contributed by atoms with Crippen molar-refractivity contribution in [3.63, 3.8) is 0 Å². The van der Waals surface area contributed by atoms with Crippen LogP contribution in [0.5, 0.6) is 0 Å². The zero-order valence-electron chi connectivity index (χ0n) is 33.3. The quantitative estimate of drug-likeness (QED) is 0.172. The number of aromatic amines is 2. The fourth-order valence-corrected chi connectivity index (χ4v) is 7.96. The second kappa shape index (κ2) is 16.0. The molecule has 0 spiro atoms. The van der Waals surface area contributed by atoms with E-state index in [-0.39, 0.29) is 55.6 Å². The molecule has 0 saturated heterocycles. The van der Waals surface area contributed by atoms with E-state index in [9.17, 15) is 19.2 Å². The monoisotopic (exact) mass is 760 g/mol. The standard InChI is InChI=1S/C44H48N4O8/c1-10-26-23(4)32-20-37-30-16-13-29(42(51)55-11-2)41(43(52)56-12-3)44(30,7)38(48-37)22-33-25(6)28(15-18-40(50)54-9)36(47-33)21-35-27(14-17-39(49)53-8)24(5)31(46-35)19-34(26)45-32/h10,16,19-22,46,48H,1,11-15,17-18H2,2-9H3. The number of H-pyrrole nitrogens is 2. The minimum atomic E-state index is -1.18. The van der Waals surface area contributed by atoms with Gasteiger partial charge in [-0.1, -0.05) is 18.7 Å². The Kier molecular flexibility index (Phi) is 11.3. The average molecular weight is 761 g/mol. The van der Waals surface area contributed by atoms with Gasteiger partial charge >= 0.3 is 23.9 Å². The van der Waals surface area contributed by atoms with E-state index in [1.54, 1.807) is 19.9 Å². The van der Waals surface area contributed by atoms with Crippen LogP contribution in [0.15, 0.2) is 54.1 Å². The summed E-state index contributed by atoms with van der Waals surface area (Å²) in [6.45, 7) is 15.6. The molecule has 0 saturated carbocycles. The molecule has 1 atom stereocenters. The summed E-state index contributed by atoms with van der Waals surface area (Å²) < 4.78 is 21.1. The normalized spacial score (nSPS) is 16.9. The molecule has 0 radical (unpaired) electrons. The molecular weight excluding hydrogens is 713 g/mol. The number of carbonyl (C=O) groups excluding carboxylic acids is 4. The minimum Gasteiger partial charge on any atom is -0.469 e. The van der Waals surface area contributed by atoms with Gasteiger partial charge in [0.1, 0.15) is 0 Å². The van der Waals surface area contributed by atoms with Gasteiger partial charge in [0.2, 0.25) is 0 Å². The summed E-state index contributed by atoms with van der Waals surface area (Å²) in [6.07, 6.45) is 4.94. The molecule has 1 unspecified atom stereocenters. The van der Waals surface area contributed by atoms with E-state index in [1.807, 2.05) is 58.0 Å². The Bertz CT molecular complexity index is 2390. The Labute approximate surface area is 326 Å². The molecule has 5 heterocycles. The number of hydrogen-bond donors (Lipinski definition) is 2. The van der Waals surface area contributed by atoms with Crippen molar-refractivity contribution in [2.24, 2.45) is 0 Å². The maximum Gasteiger partial charge on any atom is 0.335 e. The fraction of sp³-hybridized carbons (Fsp3) is 0.364. The lowest BCUT2D eigenvalue weighted by atomic mass is 9.68. The molecule has 6 rings (SSSR count). The lowest BCUT2D eigenvalue weighted by Crippen LogP contribution is -2.35. The fourth-order valence-electron chi connectivity index (χ4n) is 7.96. The van der Waals surface area contributed by atoms with Gasteiger partial charge in [-0.15, -0.1) is 0 Å². The van der Waals surface area contributed by atoms with Gasteiger partial charge in [-0.05, 0) is 118 Å². The number of aromatic nitrogens is 4. The zero-order valence-corrected chi connectivity index (χ0v) is 33.3. The molecule has 2 aromatic rings. The van der Waals surface area contributed by atoms with Crippen molar-refractivity contribution in [3.8, 4) is 0 Å². The van der Waals surface area contributed by atoms with E-state index in [1.165, 1.54) is 14.2 Å². The molecule has 12 nitrogen and oxygen atoms in total. The second-order valence-electron chi connectivity index (χ2n) is 14.1. The molecule has 3 aliphatic heterocycles. The Morgan fingerprint density at radius 3 is 2.09 bits per heavy atom. The van der Waals surface area contributed by atoms with Gasteiger partial charge in [0.05, 0.1) is 66.8 Å². The van der Waals surface area contributed by atoms with E-state index in [0.717, 1.165) is 50.0 Å². The smallest absolute Gasteiger partial charge is 0.335 e. The number of nitrogens with one attached hydrogen (secondary N) is 2. The van der Waals surface area contributed by atoms with E-state index in [4.69, 9.17) is 28.9 Å². The number of carbonyl (C=O) groups is 4. The van der Waals surface area contributed by atoms with Crippen LogP contribution in [0.1, 0.15) is 106 Å². The summed E-state index contributed by atoms with van der Waals surface area (Å²) >= 11 is 0. The number of rotatable bonds is 11. The Balaban J connectivity index is 1.75. The van der Waals surface area contributed by atoms with Gasteiger partial charge in [0.15, 0.2) is 0 Å². The Morgan fingerprint density at radius 1 is 0.804 bits per heavy atom. The highest BCUT2D eigenvalue weighted by molar-refractivity contribution is 6.08. The highest BCUT2D eigenvalue weighted by atomic mass is 16.5. The molecule has 12 heteroatoms. The highest BCUT2D eigenvalue weighted by Crippen LogP contribution is 2.52. The molecule has 4 aliphatic rings. The van der Waals surface area contributed by atoms with Crippen LogP contribution in [0, 0.1) is 6.92 Å². The third-order valence-corrected chi connectivity index (χ3v) is 11.0. The lowest BCUT2D eigenvalue weighted by molar-refractivity contribution is -0.142. The average Bonchev–Trinajstić information content (AvgIpc) is 3.83. The van der Waals surface area contributed by atoms with Gasteiger partial charge in [-0.25, -0.2) is 19.6 Å². The van der Waals surface area contributed by atoms with Gasteiger partial charge in [-0.2, -0.15) is 0 Å². The third-order valence-electron chi connectivity index (χ3n) is 11.0. The van der Waals surface area contributed by atoms with E-state index in [0.29, 0.717) is 47.0 Å². The van der Waals surface area contributed by atoms with Crippen molar-refractivity contribution in [2.45, 2.75) is 79.1 Å². The van der Waals surface area contributed by atoms with Crippen molar-refractivity contribution in [2.75, 3.05) is 27.4 Å². The Hall–Kier alpha value is -6.04. The van der Waals surface area contributed by atoms with Crippen LogP contribution in [0.25, 0.3) is 38.9 Å². The third kappa shape index (κ3) is 7.00. The molecule has 56 heavy (non-hydrogen) atoms. The first-order valence-electron chi connectivity index (χ1n) is 18.8. The summed E-state index contributed by atoms with van der Waals surface area (Å²) in [7, 11) is 2.73. The molecule has 292 valence electrons. The first-order valence-corrected chi connectivity index (χ1v) is 18.8. The summed E-state index contributed by atoms with van der Waals surface area (Å²) in [5, 5.41) is 0. The van der Waals surface area contributed by atoms with E-state index < -0.39 is 17.4 Å². The summed E-state index contributed by atoms with van der Waals surface area (Å²) in [5.41, 5.74) is 10.8. The number of hydrogen-bond acceptors (Lipinski definition) is 10. The first kappa shape index (κ1) is 39.6. The topological polar surface area (TPSA) is 163 Å². The minimum absolute atomic E-state index is 0.108. The molecule has 0 aromatic carbocycles. The van der Waals surface area contributed by atoms with Crippen LogP contribution in [-0.4, -0.2) is 71.2 Å². The van der Waals surface area contributed by atoms with E-state index >= 15 is 0 Å². The summed E-state index contributed by atoms with van der Waals surface area (Å²) in [6, 6.07) is 7.77. The van der Waals surface area contributed by atoms with Gasteiger partial charge < -0.3 is 28.9 Å². The SMILES string of the molecule is C=CC1=C(C)c2cc3[nH]c(cc4nc(cc5[nH]c(cc1n2)c(C)c5CCC(=O)OC)C(CCC(=O)OC)=C4C)C1(C)C3=CCC(C(=O)OCC)=C1C(=O)OCC. The maximum absolute atomic E-state index is 14.0. The van der Waals surface area contributed by atoms with E-state index in [2.05, 4.69) is 16.5 Å². The van der Waals surface area contributed by atoms with Gasteiger partial charge in [0, 0.05) is 40.8 Å². The van der Waals surface area contributed by atoms with Crippen LogP contribution in [0.4, 0.5) is 0 Å². The first-order chi connectivity index (χ1) is 26.8. The molecule has 8 bridgehead atoms. The molecular formula is C44H48N4O8. The van der Waals surface area contributed by atoms with Gasteiger partial charge in [-0.3, -0.25) is 9.59 Å².